The highest BCUT2D eigenvalue weighted by molar-refractivity contribution is 7.92. The van der Waals surface area contributed by atoms with Gasteiger partial charge >= 0.3 is 6.61 Å². The number of ether oxygens (including phenoxy) is 1. The molecule has 0 atom stereocenters. The van der Waals surface area contributed by atoms with Crippen LogP contribution in [0.2, 0.25) is 0 Å². The largest absolute Gasteiger partial charge is 0.435 e. The van der Waals surface area contributed by atoms with E-state index in [2.05, 4.69) is 18.8 Å². The summed E-state index contributed by atoms with van der Waals surface area (Å²) in [7, 11) is -3.62. The van der Waals surface area contributed by atoms with E-state index in [1.807, 2.05) is 0 Å². The molecule has 0 amide bonds. The summed E-state index contributed by atoms with van der Waals surface area (Å²) in [5.41, 5.74) is 1.20. The van der Waals surface area contributed by atoms with Gasteiger partial charge in [-0.1, -0.05) is 30.3 Å². The first-order valence-corrected chi connectivity index (χ1v) is 9.77. The van der Waals surface area contributed by atoms with Gasteiger partial charge in [0.2, 0.25) is 15.2 Å². The lowest BCUT2D eigenvalue weighted by molar-refractivity contribution is -0.0498. The fourth-order valence-corrected chi connectivity index (χ4v) is 4.12. The van der Waals surface area contributed by atoms with Gasteiger partial charge in [0.1, 0.15) is 5.75 Å². The minimum Gasteiger partial charge on any atom is -0.435 e. The second kappa shape index (κ2) is 7.75. The summed E-state index contributed by atoms with van der Waals surface area (Å²) in [6.45, 7) is -2.90. The van der Waals surface area contributed by atoms with Crippen molar-refractivity contribution in [2.24, 2.45) is 0 Å². The Morgan fingerprint density at radius 3 is 2.42 bits per heavy atom. The van der Waals surface area contributed by atoms with Crippen LogP contribution in [-0.2, 0) is 15.8 Å². The van der Waals surface area contributed by atoms with Crippen LogP contribution in [0, 0.1) is 0 Å². The van der Waals surface area contributed by atoms with E-state index in [0.29, 0.717) is 11.1 Å². The van der Waals surface area contributed by atoms with Gasteiger partial charge in [0.15, 0.2) is 5.82 Å². The van der Waals surface area contributed by atoms with E-state index in [1.54, 1.807) is 30.3 Å². The summed E-state index contributed by atoms with van der Waals surface area (Å²) in [6.07, 6.45) is 0. The molecule has 0 saturated heterocycles. The molecule has 0 aliphatic heterocycles. The Labute approximate surface area is 152 Å². The summed E-state index contributed by atoms with van der Waals surface area (Å²) in [6, 6.07) is 14.5. The summed E-state index contributed by atoms with van der Waals surface area (Å²) in [5.74, 6) is 0.126. The van der Waals surface area contributed by atoms with Gasteiger partial charge < -0.3 is 4.74 Å². The molecule has 3 rings (SSSR count). The maximum atomic E-state index is 12.2. The Kier molecular flexibility index (Phi) is 5.43. The van der Waals surface area contributed by atoms with Crippen molar-refractivity contribution in [2.75, 3.05) is 4.72 Å². The third-order valence-electron chi connectivity index (χ3n) is 3.21. The number of aromatic nitrogens is 2. The second-order valence-corrected chi connectivity index (χ2v) is 7.65. The first kappa shape index (κ1) is 18.2. The maximum absolute atomic E-state index is 12.2. The molecule has 0 aliphatic rings. The molecule has 0 fully saturated rings. The molecule has 3 aromatic rings. The molecule has 10 heteroatoms. The summed E-state index contributed by atoms with van der Waals surface area (Å²) in [4.78, 5) is 4.13. The van der Waals surface area contributed by atoms with E-state index in [0.717, 1.165) is 11.5 Å². The van der Waals surface area contributed by atoms with E-state index >= 15 is 0 Å². The molecule has 0 aliphatic carbocycles. The van der Waals surface area contributed by atoms with E-state index in [-0.39, 0.29) is 22.5 Å². The molecule has 2 aromatic carbocycles. The maximum Gasteiger partial charge on any atom is 0.387 e. The fourth-order valence-electron chi connectivity index (χ4n) is 2.13. The number of anilines is 1. The van der Waals surface area contributed by atoms with Crippen molar-refractivity contribution in [3.63, 3.8) is 0 Å². The van der Waals surface area contributed by atoms with Crippen LogP contribution in [0.4, 0.5) is 13.9 Å². The van der Waals surface area contributed by atoms with Gasteiger partial charge in [-0.15, -0.1) is 0 Å². The number of benzene rings is 2. The lowest BCUT2D eigenvalue weighted by Gasteiger charge is -2.05. The van der Waals surface area contributed by atoms with Crippen molar-refractivity contribution in [3.05, 3.63) is 60.2 Å². The average molecular weight is 397 g/mol. The van der Waals surface area contributed by atoms with Crippen LogP contribution in [0.5, 0.6) is 5.75 Å². The number of halogens is 2. The molecule has 1 N–H and O–H groups in total. The normalized spacial score (nSPS) is 11.5. The summed E-state index contributed by atoms with van der Waals surface area (Å²) >= 11 is 0.894. The highest BCUT2D eigenvalue weighted by Crippen LogP contribution is 2.25. The second-order valence-electron chi connectivity index (χ2n) is 5.17. The number of nitrogens with one attached hydrogen (secondary N) is 1. The van der Waals surface area contributed by atoms with Crippen molar-refractivity contribution in [3.8, 4) is 17.1 Å². The lowest BCUT2D eigenvalue weighted by atomic mass is 10.2. The van der Waals surface area contributed by atoms with Crippen molar-refractivity contribution in [1.82, 2.24) is 9.36 Å². The number of alkyl halides is 2. The third-order valence-corrected chi connectivity index (χ3v) is 5.18. The topological polar surface area (TPSA) is 81.2 Å². The number of hydrogen-bond acceptors (Lipinski definition) is 6. The van der Waals surface area contributed by atoms with Crippen molar-refractivity contribution in [2.45, 2.75) is 12.4 Å². The molecule has 0 unspecified atom stereocenters. The van der Waals surface area contributed by atoms with Crippen LogP contribution < -0.4 is 9.46 Å². The predicted octanol–water partition coefficient (Wildman–Crippen LogP) is 3.75. The summed E-state index contributed by atoms with van der Waals surface area (Å²) in [5, 5.41) is 0.129. The van der Waals surface area contributed by atoms with Gasteiger partial charge in [0, 0.05) is 17.1 Å². The minimum atomic E-state index is -3.62. The van der Waals surface area contributed by atoms with Gasteiger partial charge in [0.05, 0.1) is 5.75 Å². The number of hydrogen-bond donors (Lipinski definition) is 1. The number of nitrogens with zero attached hydrogens (tertiary/aromatic N) is 2. The third kappa shape index (κ3) is 4.96. The van der Waals surface area contributed by atoms with Crippen LogP contribution >= 0.6 is 11.5 Å². The zero-order valence-corrected chi connectivity index (χ0v) is 14.8. The van der Waals surface area contributed by atoms with Crippen LogP contribution in [-0.4, -0.2) is 24.4 Å². The van der Waals surface area contributed by atoms with E-state index in [1.165, 1.54) is 24.3 Å². The first-order valence-electron chi connectivity index (χ1n) is 7.35. The predicted molar refractivity (Wildman–Crippen MR) is 94.7 cm³/mol. The van der Waals surface area contributed by atoms with Gasteiger partial charge in [-0.3, -0.25) is 4.72 Å². The highest BCUT2D eigenvalue weighted by Gasteiger charge is 2.15. The number of sulfonamides is 1. The monoisotopic (exact) mass is 397 g/mol. The van der Waals surface area contributed by atoms with E-state index in [4.69, 9.17) is 0 Å². The molecule has 0 saturated carbocycles. The van der Waals surface area contributed by atoms with E-state index < -0.39 is 16.6 Å². The Morgan fingerprint density at radius 2 is 1.77 bits per heavy atom. The average Bonchev–Trinajstić information content (AvgIpc) is 3.03. The Bertz CT molecular complexity index is 962. The van der Waals surface area contributed by atoms with E-state index in [9.17, 15) is 17.2 Å². The van der Waals surface area contributed by atoms with Crippen LogP contribution in [0.25, 0.3) is 11.4 Å². The zero-order chi connectivity index (χ0) is 18.6. The molecule has 0 bridgehead atoms. The van der Waals surface area contributed by atoms with Crippen molar-refractivity contribution < 1.29 is 21.9 Å². The van der Waals surface area contributed by atoms with Gasteiger partial charge in [-0.2, -0.15) is 18.1 Å². The molecule has 0 spiro atoms. The molecule has 1 heterocycles. The highest BCUT2D eigenvalue weighted by atomic mass is 32.2. The Balaban J connectivity index is 1.69. The molecular weight excluding hydrogens is 384 g/mol. The van der Waals surface area contributed by atoms with Gasteiger partial charge in [-0.25, -0.2) is 8.42 Å². The number of rotatable bonds is 7. The van der Waals surface area contributed by atoms with Crippen LogP contribution in [0.1, 0.15) is 5.56 Å². The van der Waals surface area contributed by atoms with Crippen molar-refractivity contribution in [1.29, 1.82) is 0 Å². The zero-order valence-electron chi connectivity index (χ0n) is 13.2. The smallest absolute Gasteiger partial charge is 0.387 e. The quantitative estimate of drug-likeness (QED) is 0.657. The van der Waals surface area contributed by atoms with Gasteiger partial charge in [-0.05, 0) is 29.8 Å². The van der Waals surface area contributed by atoms with Crippen LogP contribution in [0.15, 0.2) is 54.6 Å². The van der Waals surface area contributed by atoms with Gasteiger partial charge in [0.25, 0.3) is 0 Å². The lowest BCUT2D eigenvalue weighted by Crippen LogP contribution is -2.14. The Hall–Kier alpha value is -2.59. The standard InChI is InChI=1S/C16H13F2N3O3S2/c17-15(18)24-13-8-6-12(7-9-13)14-19-16(25-20-14)21-26(22,23)10-11-4-2-1-3-5-11/h1-9,15H,10H2,(H,19,20,21). The molecule has 26 heavy (non-hydrogen) atoms. The molecular formula is C16H13F2N3O3S2. The molecule has 0 radical (unpaired) electrons. The molecule has 1 aromatic heterocycles. The molecule has 136 valence electrons. The van der Waals surface area contributed by atoms with Crippen molar-refractivity contribution >= 4 is 26.7 Å². The SMILES string of the molecule is O=S(=O)(Cc1ccccc1)Nc1nc(-c2ccc(OC(F)F)cc2)ns1. The Morgan fingerprint density at radius 1 is 1.08 bits per heavy atom. The first-order chi connectivity index (χ1) is 12.4. The molecule has 6 nitrogen and oxygen atoms in total. The minimum absolute atomic E-state index is 0.0165. The summed E-state index contributed by atoms with van der Waals surface area (Å²) < 4.78 is 59.4. The van der Waals surface area contributed by atoms with Crippen LogP contribution in [0.3, 0.4) is 0 Å². The fraction of sp³-hybridized carbons (Fsp3) is 0.125.